The number of rotatable bonds is 2. The molecule has 3 N–H and O–H groups in total. The first kappa shape index (κ1) is 12.0. The van der Waals surface area contributed by atoms with Crippen LogP contribution in [0.3, 0.4) is 0 Å². The minimum absolute atomic E-state index is 0.149. The predicted octanol–water partition coefficient (Wildman–Crippen LogP) is 4.19. The maximum Gasteiger partial charge on any atom is 0.109 e. The SMILES string of the molecule is Cc1cc(C2Nc3ccc(N=O)cc3S2)ccc1N. The van der Waals surface area contributed by atoms with Gasteiger partial charge in [0, 0.05) is 16.3 Å². The molecule has 4 nitrogen and oxygen atoms in total. The van der Waals surface area contributed by atoms with Crippen LogP contribution in [0.15, 0.2) is 46.5 Å². The van der Waals surface area contributed by atoms with E-state index in [0.717, 1.165) is 21.8 Å². The lowest BCUT2D eigenvalue weighted by Crippen LogP contribution is -2.02. The van der Waals surface area contributed by atoms with Crippen LogP contribution in [0.25, 0.3) is 0 Å². The molecule has 0 saturated heterocycles. The summed E-state index contributed by atoms with van der Waals surface area (Å²) >= 11 is 1.68. The number of hydrogen-bond acceptors (Lipinski definition) is 5. The van der Waals surface area contributed by atoms with Crippen molar-refractivity contribution in [3.05, 3.63) is 52.4 Å². The lowest BCUT2D eigenvalue weighted by Gasteiger charge is -2.12. The Labute approximate surface area is 115 Å². The van der Waals surface area contributed by atoms with Gasteiger partial charge in [-0.05, 0) is 47.5 Å². The average molecular weight is 271 g/mol. The van der Waals surface area contributed by atoms with Crippen LogP contribution in [0.4, 0.5) is 17.1 Å². The van der Waals surface area contributed by atoms with E-state index in [1.165, 1.54) is 5.56 Å². The largest absolute Gasteiger partial charge is 0.399 e. The van der Waals surface area contributed by atoms with Crippen LogP contribution in [0.5, 0.6) is 0 Å². The minimum Gasteiger partial charge on any atom is -0.399 e. The van der Waals surface area contributed by atoms with E-state index >= 15 is 0 Å². The van der Waals surface area contributed by atoms with Gasteiger partial charge in [0.2, 0.25) is 0 Å². The van der Waals surface area contributed by atoms with E-state index in [0.29, 0.717) is 5.69 Å². The third-order valence-corrected chi connectivity index (χ3v) is 4.42. The zero-order valence-electron chi connectivity index (χ0n) is 10.4. The Balaban J connectivity index is 1.90. The molecule has 0 saturated carbocycles. The van der Waals surface area contributed by atoms with Crippen molar-refractivity contribution < 1.29 is 0 Å². The normalized spacial score (nSPS) is 16.8. The summed E-state index contributed by atoms with van der Waals surface area (Å²) in [5.41, 5.74) is 10.4. The summed E-state index contributed by atoms with van der Waals surface area (Å²) in [5.74, 6) is 0. The Morgan fingerprint density at radius 3 is 2.84 bits per heavy atom. The summed E-state index contributed by atoms with van der Waals surface area (Å²) in [6, 6.07) is 11.5. The van der Waals surface area contributed by atoms with Crippen molar-refractivity contribution in [1.82, 2.24) is 0 Å². The van der Waals surface area contributed by atoms with Gasteiger partial charge >= 0.3 is 0 Å². The molecule has 0 aromatic heterocycles. The topological polar surface area (TPSA) is 67.5 Å². The van der Waals surface area contributed by atoms with Crippen molar-refractivity contribution in [3.8, 4) is 0 Å². The Morgan fingerprint density at radius 2 is 2.11 bits per heavy atom. The first-order valence-electron chi connectivity index (χ1n) is 5.94. The van der Waals surface area contributed by atoms with Crippen LogP contribution in [0.1, 0.15) is 16.5 Å². The van der Waals surface area contributed by atoms with Crippen LogP contribution in [0.2, 0.25) is 0 Å². The Morgan fingerprint density at radius 1 is 1.26 bits per heavy atom. The Kier molecular flexibility index (Phi) is 2.91. The molecule has 1 atom stereocenters. The van der Waals surface area contributed by atoms with Gasteiger partial charge in [-0.15, -0.1) is 4.91 Å². The lowest BCUT2D eigenvalue weighted by atomic mass is 10.1. The molecular weight excluding hydrogens is 258 g/mol. The molecule has 2 aromatic carbocycles. The third-order valence-electron chi connectivity index (χ3n) is 3.20. The molecule has 5 heteroatoms. The van der Waals surface area contributed by atoms with Gasteiger partial charge in [-0.2, -0.15) is 0 Å². The molecule has 96 valence electrons. The van der Waals surface area contributed by atoms with E-state index in [-0.39, 0.29) is 5.37 Å². The van der Waals surface area contributed by atoms with Gasteiger partial charge in [0.15, 0.2) is 0 Å². The van der Waals surface area contributed by atoms with Gasteiger partial charge in [0.1, 0.15) is 11.1 Å². The number of nitrogens with one attached hydrogen (secondary N) is 1. The van der Waals surface area contributed by atoms with Crippen molar-refractivity contribution >= 4 is 28.8 Å². The van der Waals surface area contributed by atoms with Gasteiger partial charge in [-0.3, -0.25) is 0 Å². The number of anilines is 2. The number of nitrogens with zero attached hydrogens (tertiary/aromatic N) is 1. The molecule has 0 fully saturated rings. The number of benzene rings is 2. The molecule has 3 rings (SSSR count). The molecule has 19 heavy (non-hydrogen) atoms. The molecule has 0 amide bonds. The first-order chi connectivity index (χ1) is 9.17. The zero-order valence-corrected chi connectivity index (χ0v) is 11.2. The monoisotopic (exact) mass is 271 g/mol. The number of nitrogens with two attached hydrogens (primary N) is 1. The third kappa shape index (κ3) is 2.17. The van der Waals surface area contributed by atoms with Crippen LogP contribution in [-0.2, 0) is 0 Å². The molecule has 1 aliphatic heterocycles. The van der Waals surface area contributed by atoms with E-state index < -0.39 is 0 Å². The molecule has 0 radical (unpaired) electrons. The molecule has 0 aliphatic carbocycles. The average Bonchev–Trinajstić information content (AvgIpc) is 2.84. The minimum atomic E-state index is 0.149. The zero-order chi connectivity index (χ0) is 13.4. The lowest BCUT2D eigenvalue weighted by molar-refractivity contribution is 1.13. The molecule has 2 aromatic rings. The molecule has 1 heterocycles. The highest BCUT2D eigenvalue weighted by atomic mass is 32.2. The Hall–Kier alpha value is -2.01. The van der Waals surface area contributed by atoms with Crippen LogP contribution in [-0.4, -0.2) is 0 Å². The smallest absolute Gasteiger partial charge is 0.109 e. The second-order valence-electron chi connectivity index (χ2n) is 4.53. The van der Waals surface area contributed by atoms with Crippen LogP contribution in [0, 0.1) is 11.8 Å². The highest BCUT2D eigenvalue weighted by Crippen LogP contribution is 2.47. The number of aryl methyl sites for hydroxylation is 1. The summed E-state index contributed by atoms with van der Waals surface area (Å²) < 4.78 is 0. The summed E-state index contributed by atoms with van der Waals surface area (Å²) in [6.07, 6.45) is 0. The van der Waals surface area contributed by atoms with E-state index in [4.69, 9.17) is 5.73 Å². The summed E-state index contributed by atoms with van der Waals surface area (Å²) in [4.78, 5) is 11.6. The fraction of sp³-hybridized carbons (Fsp3) is 0.143. The van der Waals surface area contributed by atoms with Crippen molar-refractivity contribution in [2.45, 2.75) is 17.2 Å². The maximum atomic E-state index is 10.5. The van der Waals surface area contributed by atoms with Gasteiger partial charge < -0.3 is 11.1 Å². The van der Waals surface area contributed by atoms with E-state index in [1.54, 1.807) is 17.8 Å². The number of fused-ring (bicyclic) bond motifs is 1. The van der Waals surface area contributed by atoms with Crippen LogP contribution < -0.4 is 11.1 Å². The fourth-order valence-corrected chi connectivity index (χ4v) is 3.26. The molecule has 0 bridgehead atoms. The molecule has 1 unspecified atom stereocenters. The van der Waals surface area contributed by atoms with Gasteiger partial charge in [-0.25, -0.2) is 0 Å². The van der Waals surface area contributed by atoms with E-state index in [2.05, 4.69) is 16.6 Å². The highest BCUT2D eigenvalue weighted by Gasteiger charge is 2.23. The second kappa shape index (κ2) is 4.59. The van der Waals surface area contributed by atoms with Crippen LogP contribution >= 0.6 is 11.8 Å². The van der Waals surface area contributed by atoms with Gasteiger partial charge in [-0.1, -0.05) is 23.9 Å². The standard InChI is InChI=1S/C14H13N3OS/c1-8-6-9(2-4-11(8)15)14-16-12-5-3-10(17-18)7-13(12)19-14/h2-7,14,16H,15H2,1H3. The van der Waals surface area contributed by atoms with Crippen molar-refractivity contribution in [2.75, 3.05) is 11.1 Å². The molecule has 1 aliphatic rings. The molecule has 0 spiro atoms. The van der Waals surface area contributed by atoms with Crippen molar-refractivity contribution in [2.24, 2.45) is 5.18 Å². The fourth-order valence-electron chi connectivity index (χ4n) is 2.10. The van der Waals surface area contributed by atoms with Gasteiger partial charge in [0.25, 0.3) is 0 Å². The quantitative estimate of drug-likeness (QED) is 0.634. The molecular formula is C14H13N3OS. The van der Waals surface area contributed by atoms with E-state index in [1.807, 2.05) is 31.2 Å². The summed E-state index contributed by atoms with van der Waals surface area (Å²) in [7, 11) is 0. The van der Waals surface area contributed by atoms with Crippen molar-refractivity contribution in [1.29, 1.82) is 0 Å². The van der Waals surface area contributed by atoms with Crippen molar-refractivity contribution in [3.63, 3.8) is 0 Å². The summed E-state index contributed by atoms with van der Waals surface area (Å²) in [6.45, 7) is 2.00. The number of thioether (sulfide) groups is 1. The van der Waals surface area contributed by atoms with Gasteiger partial charge in [0.05, 0.1) is 0 Å². The number of nitroso groups, excluding NO2 is 1. The summed E-state index contributed by atoms with van der Waals surface area (Å²) in [5, 5.41) is 6.54. The highest BCUT2D eigenvalue weighted by molar-refractivity contribution is 8.00. The number of hydrogen-bond donors (Lipinski definition) is 2. The first-order valence-corrected chi connectivity index (χ1v) is 6.82. The predicted molar refractivity (Wildman–Crippen MR) is 79.7 cm³/mol. The van der Waals surface area contributed by atoms with E-state index in [9.17, 15) is 4.91 Å². The number of nitrogen functional groups attached to an aromatic ring is 1. The Bertz CT molecular complexity index is 657. The second-order valence-corrected chi connectivity index (χ2v) is 5.68. The maximum absolute atomic E-state index is 10.5.